The second-order valence-electron chi connectivity index (χ2n) is 5.95. The minimum atomic E-state index is -0.106. The molecule has 2 aromatic carbocycles. The fraction of sp³-hybridized carbons (Fsp3) is 0.211. The third-order valence-corrected chi connectivity index (χ3v) is 4.42. The third kappa shape index (κ3) is 5.85. The smallest absolute Gasteiger partial charge is 0.235 e. The van der Waals surface area contributed by atoms with Gasteiger partial charge in [-0.2, -0.15) is 4.99 Å². The number of amides is 1. The lowest BCUT2D eigenvalue weighted by atomic mass is 10.3. The van der Waals surface area contributed by atoms with Gasteiger partial charge in [0.15, 0.2) is 0 Å². The number of nitrogens with one attached hydrogen (secondary N) is 1. The molecule has 9 nitrogen and oxygen atoms in total. The maximum Gasteiger partial charge on any atom is 0.235 e. The van der Waals surface area contributed by atoms with Gasteiger partial charge in [-0.3, -0.25) is 9.69 Å². The van der Waals surface area contributed by atoms with Gasteiger partial charge in [-0.15, -0.1) is 0 Å². The van der Waals surface area contributed by atoms with E-state index >= 15 is 0 Å². The molecule has 1 aliphatic heterocycles. The summed E-state index contributed by atoms with van der Waals surface area (Å²) in [5.41, 5.74) is 13.0. The van der Waals surface area contributed by atoms with E-state index in [0.717, 1.165) is 5.69 Å². The molecule has 1 heterocycles. The first kappa shape index (κ1) is 20.5. The van der Waals surface area contributed by atoms with Crippen molar-refractivity contribution >= 4 is 45.1 Å². The van der Waals surface area contributed by atoms with Gasteiger partial charge in [0, 0.05) is 11.4 Å². The molecule has 0 aliphatic carbocycles. The zero-order chi connectivity index (χ0) is 20.6. The molecule has 3 rings (SSSR count). The van der Waals surface area contributed by atoms with Crippen molar-refractivity contribution in [2.24, 2.45) is 21.5 Å². The predicted octanol–water partition coefficient (Wildman–Crippen LogP) is 1.88. The van der Waals surface area contributed by atoms with Gasteiger partial charge < -0.3 is 26.3 Å². The van der Waals surface area contributed by atoms with Crippen molar-refractivity contribution in [1.82, 2.24) is 0 Å². The first-order valence-corrected chi connectivity index (χ1v) is 9.90. The van der Waals surface area contributed by atoms with E-state index in [1.165, 1.54) is 0 Å². The maximum atomic E-state index is 11.3. The first-order valence-electron chi connectivity index (χ1n) is 8.78. The van der Waals surface area contributed by atoms with Gasteiger partial charge in [-0.25, -0.2) is 4.99 Å². The van der Waals surface area contributed by atoms with Crippen molar-refractivity contribution in [3.63, 3.8) is 0 Å². The summed E-state index contributed by atoms with van der Waals surface area (Å²) in [6.07, 6.45) is 0. The van der Waals surface area contributed by atoms with Crippen LogP contribution < -0.4 is 31.2 Å². The van der Waals surface area contributed by atoms with Crippen LogP contribution in [0.1, 0.15) is 0 Å². The van der Waals surface area contributed by atoms with E-state index in [4.69, 9.17) is 20.9 Å². The summed E-state index contributed by atoms with van der Waals surface area (Å²) in [6, 6.07) is 14.6. The fourth-order valence-electron chi connectivity index (χ4n) is 2.51. The molecule has 0 unspecified atom stereocenters. The number of hydrogen-bond donors (Lipinski definition) is 3. The van der Waals surface area contributed by atoms with E-state index in [1.807, 2.05) is 24.3 Å². The Morgan fingerprint density at radius 3 is 2.17 bits per heavy atom. The van der Waals surface area contributed by atoms with Gasteiger partial charge in [-0.1, -0.05) is 15.9 Å². The summed E-state index contributed by atoms with van der Waals surface area (Å²) >= 11 is 3.10. The number of aliphatic imine (C=N–C) groups is 2. The van der Waals surface area contributed by atoms with E-state index in [2.05, 4.69) is 31.2 Å². The van der Waals surface area contributed by atoms with E-state index in [0.29, 0.717) is 43.0 Å². The van der Waals surface area contributed by atoms with Crippen molar-refractivity contribution in [2.45, 2.75) is 0 Å². The largest absolute Gasteiger partial charge is 0.490 e. The lowest BCUT2D eigenvalue weighted by Gasteiger charge is -2.24. The Labute approximate surface area is 176 Å². The van der Waals surface area contributed by atoms with Gasteiger partial charge in [0.05, 0.1) is 5.33 Å². The summed E-state index contributed by atoms with van der Waals surface area (Å²) in [7, 11) is 0. The molecule has 0 radical (unpaired) electrons. The first-order chi connectivity index (χ1) is 14.0. The monoisotopic (exact) mass is 460 g/mol. The van der Waals surface area contributed by atoms with Crippen molar-refractivity contribution < 1.29 is 14.3 Å². The zero-order valence-electron chi connectivity index (χ0n) is 15.5. The van der Waals surface area contributed by atoms with Gasteiger partial charge >= 0.3 is 0 Å². The number of halogens is 1. The molecule has 0 saturated carbocycles. The van der Waals surface area contributed by atoms with Crippen LogP contribution in [0.2, 0.25) is 0 Å². The number of nitrogens with two attached hydrogens (primary N) is 2. The molecule has 0 aromatic heterocycles. The topological polar surface area (TPSA) is 128 Å². The Morgan fingerprint density at radius 2 is 1.62 bits per heavy atom. The number of anilines is 2. The Balaban J connectivity index is 1.43. The Bertz CT molecular complexity index is 899. The van der Waals surface area contributed by atoms with Crippen LogP contribution in [0.3, 0.4) is 0 Å². The molecular formula is C19H21BrN6O3. The number of nitrogens with zero attached hydrogens (tertiary/aromatic N) is 3. The molecule has 0 atom stereocenters. The van der Waals surface area contributed by atoms with Crippen LogP contribution in [-0.2, 0) is 4.79 Å². The summed E-state index contributed by atoms with van der Waals surface area (Å²) in [4.78, 5) is 21.1. The molecule has 0 saturated heterocycles. The van der Waals surface area contributed by atoms with Gasteiger partial charge in [0.1, 0.15) is 31.4 Å². The van der Waals surface area contributed by atoms with Crippen LogP contribution in [0.25, 0.3) is 0 Å². The Morgan fingerprint density at radius 1 is 1.03 bits per heavy atom. The Kier molecular flexibility index (Phi) is 6.90. The SMILES string of the molecule is NC1=NCN(c2ccc(OCCOc3ccc(NC(=O)CBr)cc3)cc2)C(N)=N1. The van der Waals surface area contributed by atoms with E-state index in [1.54, 1.807) is 29.2 Å². The van der Waals surface area contributed by atoms with E-state index in [9.17, 15) is 4.79 Å². The molecule has 2 aromatic rings. The van der Waals surface area contributed by atoms with Crippen LogP contribution in [0.5, 0.6) is 11.5 Å². The number of guanidine groups is 2. The van der Waals surface area contributed by atoms with Crippen LogP contribution in [0.15, 0.2) is 58.5 Å². The second kappa shape index (κ2) is 9.78. The third-order valence-electron chi connectivity index (χ3n) is 3.91. The van der Waals surface area contributed by atoms with Gasteiger partial charge in [0.25, 0.3) is 0 Å². The average molecular weight is 461 g/mol. The van der Waals surface area contributed by atoms with Gasteiger partial charge in [-0.05, 0) is 48.5 Å². The number of carbonyl (C=O) groups is 1. The van der Waals surface area contributed by atoms with Crippen molar-refractivity contribution in [1.29, 1.82) is 0 Å². The number of carbonyl (C=O) groups excluding carboxylic acids is 1. The van der Waals surface area contributed by atoms with Gasteiger partial charge in [0.2, 0.25) is 17.8 Å². The minimum Gasteiger partial charge on any atom is -0.490 e. The normalized spacial score (nSPS) is 13.3. The van der Waals surface area contributed by atoms with Crippen LogP contribution in [0.4, 0.5) is 11.4 Å². The van der Waals surface area contributed by atoms with Crippen LogP contribution in [0, 0.1) is 0 Å². The average Bonchev–Trinajstić information content (AvgIpc) is 2.73. The van der Waals surface area contributed by atoms with E-state index < -0.39 is 0 Å². The molecular weight excluding hydrogens is 440 g/mol. The fourth-order valence-corrected chi connectivity index (χ4v) is 2.65. The highest BCUT2D eigenvalue weighted by atomic mass is 79.9. The molecule has 1 amide bonds. The summed E-state index contributed by atoms with van der Waals surface area (Å²) in [5, 5.41) is 3.00. The molecule has 1 aliphatic rings. The van der Waals surface area contributed by atoms with E-state index in [-0.39, 0.29) is 17.2 Å². The summed E-state index contributed by atoms with van der Waals surface area (Å²) < 4.78 is 11.3. The Hall–Kier alpha value is -3.27. The van der Waals surface area contributed by atoms with Crippen molar-refractivity contribution in [3.05, 3.63) is 48.5 Å². The molecule has 0 bridgehead atoms. The molecule has 152 valence electrons. The highest BCUT2D eigenvalue weighted by Gasteiger charge is 2.14. The number of hydrogen-bond acceptors (Lipinski definition) is 8. The maximum absolute atomic E-state index is 11.3. The second-order valence-corrected chi connectivity index (χ2v) is 6.51. The molecule has 29 heavy (non-hydrogen) atoms. The summed E-state index contributed by atoms with van der Waals surface area (Å²) in [6.45, 7) is 1.10. The quantitative estimate of drug-likeness (QED) is 0.407. The van der Waals surface area contributed by atoms with Crippen molar-refractivity contribution in [2.75, 3.05) is 35.4 Å². The molecule has 5 N–H and O–H groups in total. The lowest BCUT2D eigenvalue weighted by molar-refractivity contribution is -0.113. The predicted molar refractivity (Wildman–Crippen MR) is 117 cm³/mol. The lowest BCUT2D eigenvalue weighted by Crippen LogP contribution is -2.42. The number of alkyl halides is 1. The standard InChI is InChI=1S/C19H21BrN6O3/c20-11-17(27)24-13-1-5-15(6-2-13)28-9-10-29-16-7-3-14(4-8-16)26-12-23-18(21)25-19(26)22/h1-8H,9-12H2,(H,24,27)(H4,21,22,23,25). The number of rotatable bonds is 8. The highest BCUT2D eigenvalue weighted by molar-refractivity contribution is 9.09. The minimum absolute atomic E-state index is 0.106. The highest BCUT2D eigenvalue weighted by Crippen LogP contribution is 2.20. The van der Waals surface area contributed by atoms with Crippen LogP contribution in [-0.4, -0.2) is 43.0 Å². The molecule has 0 fully saturated rings. The number of ether oxygens (including phenoxy) is 2. The molecule has 0 spiro atoms. The van der Waals surface area contributed by atoms with Crippen molar-refractivity contribution in [3.8, 4) is 11.5 Å². The number of benzene rings is 2. The molecule has 10 heteroatoms. The zero-order valence-corrected chi connectivity index (χ0v) is 17.1. The summed E-state index contributed by atoms with van der Waals surface area (Å²) in [5.74, 6) is 1.78. The van der Waals surface area contributed by atoms with Crippen LogP contribution >= 0.6 is 15.9 Å².